The molecule has 0 saturated heterocycles. The Labute approximate surface area is 206 Å². The molecule has 1 atom stereocenters. The molecular weight excluding hydrogens is 514 g/mol. The lowest BCUT2D eigenvalue weighted by Gasteiger charge is -2.27. The number of esters is 1. The first-order valence-electron chi connectivity index (χ1n) is 11.1. The van der Waals surface area contributed by atoms with Crippen LogP contribution in [0.2, 0.25) is 0 Å². The molecule has 0 spiro atoms. The summed E-state index contributed by atoms with van der Waals surface area (Å²) in [6, 6.07) is 32.2. The lowest BCUT2D eigenvalue weighted by Crippen LogP contribution is -3.00. The van der Waals surface area contributed by atoms with E-state index in [4.69, 9.17) is 6.11 Å². The predicted molar refractivity (Wildman–Crippen MR) is 130 cm³/mol. The van der Waals surface area contributed by atoms with Crippen molar-refractivity contribution < 1.29 is 34.9 Å². The van der Waals surface area contributed by atoms with Gasteiger partial charge in [0.1, 0.15) is 23.2 Å². The summed E-state index contributed by atoms with van der Waals surface area (Å²) in [6.45, 7) is 4.62. The second-order valence-electron chi connectivity index (χ2n) is 8.50. The van der Waals surface area contributed by atoms with Gasteiger partial charge >= 0.3 is 5.97 Å². The molecule has 0 aromatic heterocycles. The summed E-state index contributed by atoms with van der Waals surface area (Å²) in [5, 5.41) is 4.00. The third kappa shape index (κ3) is 6.40. The van der Waals surface area contributed by atoms with Crippen molar-refractivity contribution in [3.8, 4) is 0 Å². The quantitative estimate of drug-likeness (QED) is 0.246. The Morgan fingerprint density at radius 3 is 1.52 bits per heavy atom. The zero-order chi connectivity index (χ0) is 22.3. The number of halogens is 1. The number of hydrogen-bond acceptors (Lipinski definition) is 2. The highest BCUT2D eigenvalue weighted by molar-refractivity contribution is 7.95. The molecule has 0 aliphatic carbocycles. The predicted octanol–water partition coefficient (Wildman–Crippen LogP) is 2.35. The maximum absolute atomic E-state index is 12.2. The Kier molecular flexibility index (Phi) is 9.10. The van der Waals surface area contributed by atoms with Crippen LogP contribution in [0.25, 0.3) is 0 Å². The molecule has 0 amide bonds. The number of carbonyl (C=O) groups is 1. The van der Waals surface area contributed by atoms with E-state index in [0.29, 0.717) is 6.42 Å². The molecule has 1 unspecified atom stereocenters. The van der Waals surface area contributed by atoms with Gasteiger partial charge in [0, 0.05) is 0 Å². The van der Waals surface area contributed by atoms with Crippen LogP contribution in [-0.2, 0) is 9.53 Å². The normalized spacial score (nSPS) is 12.9. The van der Waals surface area contributed by atoms with Gasteiger partial charge in [0.2, 0.25) is 0 Å². The van der Waals surface area contributed by atoms with Crippen molar-refractivity contribution in [3.63, 3.8) is 0 Å². The Bertz CT molecular complexity index is 863. The van der Waals surface area contributed by atoms with Crippen molar-refractivity contribution in [1.82, 2.24) is 0 Å². The minimum absolute atomic E-state index is 0. The van der Waals surface area contributed by atoms with Gasteiger partial charge in [0.05, 0.1) is 19.5 Å². The fourth-order valence-corrected chi connectivity index (χ4v) is 7.97. The Morgan fingerprint density at radius 2 is 1.16 bits per heavy atom. The lowest BCUT2D eigenvalue weighted by atomic mass is 9.97. The summed E-state index contributed by atoms with van der Waals surface area (Å²) in [4.78, 5) is 12.2. The summed E-state index contributed by atoms with van der Waals surface area (Å²) in [5.74, 6) is -0.317. The van der Waals surface area contributed by atoms with Gasteiger partial charge in [-0.1, -0.05) is 54.6 Å². The SMILES string of the molecule is [2H]C(CCC[P+](c1ccccc1)(c1ccccc1)c1ccccc1)OC(=O)C(C)(C)C.[I-]. The molecule has 3 aromatic rings. The van der Waals surface area contributed by atoms with Crippen LogP contribution >= 0.6 is 7.26 Å². The highest BCUT2D eigenvalue weighted by Crippen LogP contribution is 2.55. The molecule has 164 valence electrons. The first-order chi connectivity index (χ1) is 14.8. The monoisotopic (exact) mass is 547 g/mol. The van der Waals surface area contributed by atoms with E-state index in [1.165, 1.54) is 15.9 Å². The van der Waals surface area contributed by atoms with Gasteiger partial charge in [-0.25, -0.2) is 0 Å². The third-order valence-corrected chi connectivity index (χ3v) is 9.74. The largest absolute Gasteiger partial charge is 1.00 e. The van der Waals surface area contributed by atoms with Gasteiger partial charge in [-0.15, -0.1) is 0 Å². The molecule has 0 radical (unpaired) electrons. The average Bonchev–Trinajstić information content (AvgIpc) is 2.78. The molecule has 0 fully saturated rings. The summed E-state index contributed by atoms with van der Waals surface area (Å²) in [5.41, 5.74) is -0.589. The van der Waals surface area contributed by atoms with Crippen LogP contribution in [0.1, 0.15) is 35.0 Å². The highest BCUT2D eigenvalue weighted by atomic mass is 127. The molecule has 0 saturated carbocycles. The standard InChI is InChI=1S/C27H32O2P.HI/c1-27(2,3)26(28)29-21-13-14-22-30(23-15-7-4-8-16-23,24-17-9-5-10-18-24)25-19-11-6-12-20-25;/h4-12,15-20H,13-14,21-22H2,1-3H3;1H/q+1;/p-1/i21D;. The highest BCUT2D eigenvalue weighted by Gasteiger charge is 2.44. The topological polar surface area (TPSA) is 26.3 Å². The van der Waals surface area contributed by atoms with Crippen molar-refractivity contribution in [2.24, 2.45) is 5.41 Å². The van der Waals surface area contributed by atoms with Crippen molar-refractivity contribution in [2.75, 3.05) is 12.7 Å². The van der Waals surface area contributed by atoms with Crippen LogP contribution in [0.5, 0.6) is 0 Å². The fraction of sp³-hybridized carbons (Fsp3) is 0.296. The number of rotatable bonds is 8. The van der Waals surface area contributed by atoms with Gasteiger partial charge < -0.3 is 28.7 Å². The van der Waals surface area contributed by atoms with Gasteiger partial charge in [0.15, 0.2) is 0 Å². The van der Waals surface area contributed by atoms with Gasteiger partial charge in [-0.3, -0.25) is 4.79 Å². The molecule has 0 aliphatic rings. The van der Waals surface area contributed by atoms with E-state index < -0.39 is 19.3 Å². The summed E-state index contributed by atoms with van der Waals surface area (Å²) < 4.78 is 13.7. The Hall–Kier alpha value is -1.71. The zero-order valence-corrected chi connectivity index (χ0v) is 21.6. The Balaban J connectivity index is 0.00000363. The molecule has 0 aliphatic heterocycles. The maximum atomic E-state index is 12.2. The van der Waals surface area contributed by atoms with Crippen molar-refractivity contribution in [3.05, 3.63) is 91.0 Å². The molecule has 4 heteroatoms. The van der Waals surface area contributed by atoms with E-state index in [0.717, 1.165) is 12.6 Å². The number of ether oxygens (including phenoxy) is 1. The van der Waals surface area contributed by atoms with Crippen LogP contribution in [0.4, 0.5) is 0 Å². The average molecular weight is 547 g/mol. The lowest BCUT2D eigenvalue weighted by molar-refractivity contribution is -0.153. The first kappa shape index (κ1) is 23.9. The maximum Gasteiger partial charge on any atom is 0.311 e. The van der Waals surface area contributed by atoms with E-state index >= 15 is 0 Å². The molecule has 3 aromatic carbocycles. The van der Waals surface area contributed by atoms with E-state index in [1.807, 2.05) is 20.8 Å². The molecule has 31 heavy (non-hydrogen) atoms. The molecule has 0 N–H and O–H groups in total. The second-order valence-corrected chi connectivity index (χ2v) is 12.1. The van der Waals surface area contributed by atoms with Crippen LogP contribution in [0, 0.1) is 5.41 Å². The van der Waals surface area contributed by atoms with Crippen LogP contribution in [0.15, 0.2) is 91.0 Å². The molecule has 3 rings (SSSR count). The molecule has 0 bridgehead atoms. The minimum Gasteiger partial charge on any atom is -1.00 e. The fourth-order valence-electron chi connectivity index (χ4n) is 3.61. The van der Waals surface area contributed by atoms with Gasteiger partial charge in [-0.05, 0) is 70.0 Å². The minimum atomic E-state index is -1.90. The smallest absolute Gasteiger partial charge is 0.311 e. The third-order valence-electron chi connectivity index (χ3n) is 5.21. The zero-order valence-electron chi connectivity index (χ0n) is 19.5. The van der Waals surface area contributed by atoms with Crippen molar-refractivity contribution in [2.45, 2.75) is 33.6 Å². The van der Waals surface area contributed by atoms with E-state index in [9.17, 15) is 4.79 Å². The van der Waals surface area contributed by atoms with Crippen LogP contribution in [-0.4, -0.2) is 18.7 Å². The number of benzene rings is 3. The Morgan fingerprint density at radius 1 is 0.774 bits per heavy atom. The summed E-state index contributed by atoms with van der Waals surface area (Å²) in [7, 11) is -1.90. The molecule has 0 heterocycles. The van der Waals surface area contributed by atoms with E-state index in [1.54, 1.807) is 0 Å². The summed E-state index contributed by atoms with van der Waals surface area (Å²) >= 11 is 0. The second kappa shape index (κ2) is 11.8. The van der Waals surface area contributed by atoms with E-state index in [-0.39, 0.29) is 29.9 Å². The van der Waals surface area contributed by atoms with Crippen molar-refractivity contribution in [1.29, 1.82) is 0 Å². The molecular formula is C27H32IO2P. The van der Waals surface area contributed by atoms with Gasteiger partial charge in [0.25, 0.3) is 0 Å². The first-order valence-corrected chi connectivity index (χ1v) is 12.5. The number of carbonyl (C=O) groups excluding carboxylic acids is 1. The van der Waals surface area contributed by atoms with Crippen LogP contribution < -0.4 is 39.9 Å². The van der Waals surface area contributed by atoms with Crippen LogP contribution in [0.3, 0.4) is 0 Å². The number of hydrogen-bond donors (Lipinski definition) is 0. The van der Waals surface area contributed by atoms with E-state index in [2.05, 4.69) is 91.0 Å². The van der Waals surface area contributed by atoms with Gasteiger partial charge in [-0.2, -0.15) is 0 Å². The van der Waals surface area contributed by atoms with Crippen molar-refractivity contribution >= 4 is 29.1 Å². The summed E-state index contributed by atoms with van der Waals surface area (Å²) in [6.07, 6.45) is 2.25. The molecule has 2 nitrogen and oxygen atoms in total.